The molecule has 0 aliphatic heterocycles. The molecule has 7 heteroatoms. The third-order valence-corrected chi connectivity index (χ3v) is 1.76. The molecule has 0 fully saturated rings. The Bertz CT molecular complexity index is 403. The van der Waals surface area contributed by atoms with Crippen molar-refractivity contribution in [2.45, 2.75) is 0 Å². The molecule has 0 aromatic heterocycles. The van der Waals surface area contributed by atoms with Crippen LogP contribution in [0, 0.1) is 5.21 Å². The van der Waals surface area contributed by atoms with Crippen LogP contribution in [-0.4, -0.2) is 34.1 Å². The molecule has 2 N–H and O–H groups in total. The summed E-state index contributed by atoms with van der Waals surface area (Å²) < 4.78 is 0. The van der Waals surface area contributed by atoms with Crippen molar-refractivity contribution < 1.29 is 24.7 Å². The van der Waals surface area contributed by atoms with Crippen LogP contribution in [0.1, 0.15) is 20.7 Å². The Hall–Kier alpha value is -1.80. The molecule has 0 heterocycles. The first-order valence-electron chi connectivity index (χ1n) is 4.17. The number of hydrogen-bond donors (Lipinski definition) is 2. The van der Waals surface area contributed by atoms with Crippen LogP contribution in [0.15, 0.2) is 24.3 Å². The molecule has 0 saturated heterocycles. The molecule has 0 aliphatic rings. The summed E-state index contributed by atoms with van der Waals surface area (Å²) in [4.78, 5) is 26.1. The largest absolute Gasteiger partial charge is 0.738 e. The Labute approximate surface area is 90.0 Å². The summed E-state index contributed by atoms with van der Waals surface area (Å²) in [6.07, 6.45) is 0. The monoisotopic (exact) mass is 226 g/mol. The van der Waals surface area contributed by atoms with Crippen LogP contribution in [0.3, 0.4) is 0 Å². The zero-order chi connectivity index (χ0) is 12.1. The minimum Gasteiger partial charge on any atom is -0.738 e. The highest BCUT2D eigenvalue weighted by Gasteiger charge is 2.15. The fraction of sp³-hybridized carbons (Fsp3) is 0.111. The highest BCUT2D eigenvalue weighted by atomic mass is 17.1. The van der Waals surface area contributed by atoms with Crippen molar-refractivity contribution in [3.05, 3.63) is 40.6 Å². The molecule has 16 heavy (non-hydrogen) atoms. The number of carbonyl (C=O) groups excluding carboxylic acids is 1. The van der Waals surface area contributed by atoms with E-state index in [0.717, 1.165) is 0 Å². The van der Waals surface area contributed by atoms with Gasteiger partial charge < -0.3 is 15.5 Å². The zero-order valence-corrected chi connectivity index (χ0v) is 7.99. The predicted molar refractivity (Wildman–Crippen MR) is 50.7 cm³/mol. The third kappa shape index (κ3) is 3.11. The minimum absolute atomic E-state index is 0.0862. The fourth-order valence-electron chi connectivity index (χ4n) is 1.10. The van der Waals surface area contributed by atoms with Crippen molar-refractivity contribution in [2.24, 2.45) is 0 Å². The van der Waals surface area contributed by atoms with Crippen LogP contribution in [0.2, 0.25) is 0 Å². The van der Waals surface area contributed by atoms with E-state index in [2.05, 4.69) is 4.84 Å². The lowest BCUT2D eigenvalue weighted by molar-refractivity contribution is -0.298. The van der Waals surface area contributed by atoms with Crippen molar-refractivity contribution in [1.82, 2.24) is 5.39 Å². The Morgan fingerprint density at radius 2 is 1.88 bits per heavy atom. The lowest BCUT2D eigenvalue weighted by atomic mass is 10.0. The van der Waals surface area contributed by atoms with Gasteiger partial charge in [-0.05, 0) is 6.07 Å². The second-order valence-electron chi connectivity index (χ2n) is 2.79. The molecule has 0 bridgehead atoms. The molecule has 0 unspecified atom stereocenters. The third-order valence-electron chi connectivity index (χ3n) is 1.76. The van der Waals surface area contributed by atoms with E-state index in [1.807, 2.05) is 0 Å². The molecule has 0 aliphatic carbocycles. The van der Waals surface area contributed by atoms with Crippen LogP contribution in [0.4, 0.5) is 0 Å². The Kier molecular flexibility index (Phi) is 4.09. The Morgan fingerprint density at radius 3 is 2.38 bits per heavy atom. The number of rotatable bonds is 5. The highest BCUT2D eigenvalue weighted by molar-refractivity contribution is 6.06. The van der Waals surface area contributed by atoms with Gasteiger partial charge in [-0.2, -0.15) is 0 Å². The van der Waals surface area contributed by atoms with Gasteiger partial charge in [-0.25, -0.2) is 4.79 Å². The predicted octanol–water partition coefficient (Wildman–Crippen LogP) is 0.688. The normalized spacial score (nSPS) is 10.4. The molecule has 0 amide bonds. The zero-order valence-electron chi connectivity index (χ0n) is 7.99. The van der Waals surface area contributed by atoms with E-state index < -0.39 is 23.7 Å². The Morgan fingerprint density at radius 1 is 1.31 bits per heavy atom. The van der Waals surface area contributed by atoms with Gasteiger partial charge in [0.15, 0.2) is 5.78 Å². The summed E-state index contributed by atoms with van der Waals surface area (Å²) in [6, 6.07) is 5.49. The summed E-state index contributed by atoms with van der Waals surface area (Å²) in [5, 5.41) is 26.0. The smallest absolute Gasteiger partial charge is 0.336 e. The molecule has 1 aromatic rings. The molecular weight excluding hydrogens is 218 g/mol. The first-order chi connectivity index (χ1) is 7.52. The second-order valence-corrected chi connectivity index (χ2v) is 2.79. The van der Waals surface area contributed by atoms with E-state index in [9.17, 15) is 14.8 Å². The van der Waals surface area contributed by atoms with E-state index in [1.165, 1.54) is 24.3 Å². The number of carbonyl (C=O) groups is 2. The highest BCUT2D eigenvalue weighted by Crippen LogP contribution is 2.09. The summed E-state index contributed by atoms with van der Waals surface area (Å²) in [5.41, 5.74) is -0.275. The molecule has 7 nitrogen and oxygen atoms in total. The summed E-state index contributed by atoms with van der Waals surface area (Å²) >= 11 is 0. The van der Waals surface area contributed by atoms with Crippen LogP contribution >= 0.6 is 0 Å². The molecule has 1 rings (SSSR count). The first kappa shape index (κ1) is 12.3. The maximum Gasteiger partial charge on any atom is 0.336 e. The van der Waals surface area contributed by atoms with Crippen LogP contribution in [0.5, 0.6) is 0 Å². The summed E-state index contributed by atoms with van der Waals surface area (Å²) in [5.74, 6) is -1.97. The maximum absolute atomic E-state index is 11.4. The number of carboxylic acids is 1. The van der Waals surface area contributed by atoms with Gasteiger partial charge in [-0.3, -0.25) is 9.63 Å². The van der Waals surface area contributed by atoms with E-state index >= 15 is 0 Å². The molecule has 86 valence electrons. The van der Waals surface area contributed by atoms with Gasteiger partial charge in [0.25, 0.3) is 0 Å². The van der Waals surface area contributed by atoms with Crippen molar-refractivity contribution >= 4 is 11.8 Å². The van der Waals surface area contributed by atoms with E-state index in [0.29, 0.717) is 0 Å². The summed E-state index contributed by atoms with van der Waals surface area (Å²) in [7, 11) is 0. The molecule has 1 aromatic carbocycles. The van der Waals surface area contributed by atoms with Crippen LogP contribution < -0.4 is 0 Å². The lowest BCUT2D eigenvalue weighted by Crippen LogP contribution is -2.19. The van der Waals surface area contributed by atoms with Crippen LogP contribution in [-0.2, 0) is 4.84 Å². The number of hydrogen-bond acceptors (Lipinski definition) is 6. The average Bonchev–Trinajstić information content (AvgIpc) is 2.25. The SMILES string of the molecule is O=C(O)c1ccccc1C(=O)CON([O-])O. The van der Waals surface area contributed by atoms with Gasteiger partial charge in [0.1, 0.15) is 6.61 Å². The molecular formula is C9H8NO6-. The standard InChI is InChI=1S/C9H8NO6/c11-8(5-16-10(14)15)6-3-1-2-4-7(6)9(12)13/h1-4,14H,5H2,(H,12,13)/q-1. The second kappa shape index (κ2) is 5.33. The minimum atomic E-state index is -1.26. The van der Waals surface area contributed by atoms with Gasteiger partial charge in [0.2, 0.25) is 0 Å². The molecule has 0 radical (unpaired) electrons. The number of benzene rings is 1. The summed E-state index contributed by atoms with van der Waals surface area (Å²) in [6.45, 7) is -0.732. The van der Waals surface area contributed by atoms with Gasteiger partial charge in [-0.1, -0.05) is 18.2 Å². The molecule has 0 saturated carbocycles. The van der Waals surface area contributed by atoms with Gasteiger partial charge >= 0.3 is 5.97 Å². The number of nitrogens with zero attached hydrogens (tertiary/aromatic N) is 1. The van der Waals surface area contributed by atoms with Crippen molar-refractivity contribution in [3.8, 4) is 0 Å². The van der Waals surface area contributed by atoms with E-state index in [1.54, 1.807) is 0 Å². The topological polar surface area (TPSA) is 110 Å². The molecule has 0 atom stereocenters. The Balaban J connectivity index is 2.86. The average molecular weight is 226 g/mol. The maximum atomic E-state index is 11.4. The fourth-order valence-corrected chi connectivity index (χ4v) is 1.10. The van der Waals surface area contributed by atoms with Crippen molar-refractivity contribution in [1.29, 1.82) is 0 Å². The van der Waals surface area contributed by atoms with Gasteiger partial charge in [-0.15, -0.1) is 5.39 Å². The number of aromatic carboxylic acids is 1. The first-order valence-corrected chi connectivity index (χ1v) is 4.17. The molecule has 0 spiro atoms. The number of carboxylic acid groups (broad SMARTS) is 1. The van der Waals surface area contributed by atoms with E-state index in [4.69, 9.17) is 10.3 Å². The van der Waals surface area contributed by atoms with E-state index in [-0.39, 0.29) is 11.1 Å². The lowest BCUT2D eigenvalue weighted by Gasteiger charge is -2.17. The number of Topliss-reactive ketones (excluding diaryl/α,β-unsaturated/α-hetero) is 1. The van der Waals surface area contributed by atoms with Gasteiger partial charge in [0.05, 0.1) is 5.56 Å². The van der Waals surface area contributed by atoms with Crippen molar-refractivity contribution in [3.63, 3.8) is 0 Å². The van der Waals surface area contributed by atoms with Crippen molar-refractivity contribution in [2.75, 3.05) is 6.61 Å². The van der Waals surface area contributed by atoms with Gasteiger partial charge in [0, 0.05) is 5.56 Å². The number of ketones is 1. The van der Waals surface area contributed by atoms with Crippen LogP contribution in [0.25, 0.3) is 0 Å². The quantitative estimate of drug-likeness (QED) is 0.561.